The molecule has 0 atom stereocenters. The summed E-state index contributed by atoms with van der Waals surface area (Å²) >= 11 is 0. The Morgan fingerprint density at radius 3 is 2.44 bits per heavy atom. The monoisotopic (exact) mass is 524 g/mol. The van der Waals surface area contributed by atoms with E-state index in [4.69, 9.17) is 4.74 Å². The molecule has 7 heteroatoms. The van der Waals surface area contributed by atoms with Crippen molar-refractivity contribution in [1.29, 1.82) is 0 Å². The topological polar surface area (TPSA) is 76.5 Å². The molecule has 0 aliphatic carbocycles. The first kappa shape index (κ1) is 27.8. The lowest BCUT2D eigenvalue weighted by Crippen LogP contribution is -2.26. The standard InChI is InChI=1S/C32H36N4O3/c1-23-21-24(2)33-29(22-23)35(3)17-8-9-25-12-14-27(15-13-25)34-32(38)31(37)30-28(26-10-6-5-7-11-26)16-18-36(30)19-20-39-4/h5-7,10-16,18,21-22H,8-9,17,19-20H2,1-4H3,(H,34,38). The second-order valence-electron chi connectivity index (χ2n) is 9.78. The zero-order valence-corrected chi connectivity index (χ0v) is 23.1. The molecule has 1 N–H and O–H groups in total. The Morgan fingerprint density at radius 1 is 1.00 bits per heavy atom. The Labute approximate surface area is 230 Å². The number of nitrogens with zero attached hydrogens (tertiary/aromatic N) is 3. The molecule has 2 aromatic heterocycles. The molecule has 2 aromatic carbocycles. The van der Waals surface area contributed by atoms with Crippen molar-refractivity contribution < 1.29 is 14.3 Å². The smallest absolute Gasteiger partial charge is 0.298 e. The lowest BCUT2D eigenvalue weighted by Gasteiger charge is -2.19. The van der Waals surface area contributed by atoms with Gasteiger partial charge in [-0.25, -0.2) is 4.98 Å². The molecule has 202 valence electrons. The van der Waals surface area contributed by atoms with Crippen molar-refractivity contribution in [3.05, 3.63) is 102 Å². The number of aromatic nitrogens is 2. The number of Topliss-reactive ketones (excluding diaryl/α,β-unsaturated/α-hetero) is 1. The van der Waals surface area contributed by atoms with Gasteiger partial charge in [0.2, 0.25) is 0 Å². The molecule has 1 amide bonds. The molecule has 39 heavy (non-hydrogen) atoms. The van der Waals surface area contributed by atoms with E-state index in [-0.39, 0.29) is 0 Å². The number of ether oxygens (including phenoxy) is 1. The third-order valence-corrected chi connectivity index (χ3v) is 6.65. The molecule has 2 heterocycles. The fourth-order valence-electron chi connectivity index (χ4n) is 4.65. The van der Waals surface area contributed by atoms with E-state index in [0.717, 1.165) is 42.0 Å². The quantitative estimate of drug-likeness (QED) is 0.190. The molecule has 0 radical (unpaired) electrons. The van der Waals surface area contributed by atoms with Gasteiger partial charge in [0.1, 0.15) is 11.5 Å². The minimum Gasteiger partial charge on any atom is -0.383 e. The van der Waals surface area contributed by atoms with Crippen LogP contribution in [0.25, 0.3) is 11.1 Å². The van der Waals surface area contributed by atoms with E-state index >= 15 is 0 Å². The summed E-state index contributed by atoms with van der Waals surface area (Å²) in [6.07, 6.45) is 3.69. The Bertz CT molecular complexity index is 1390. The van der Waals surface area contributed by atoms with Crippen LogP contribution in [0.15, 0.2) is 79.0 Å². The van der Waals surface area contributed by atoms with Crippen molar-refractivity contribution in [2.24, 2.45) is 0 Å². The number of aryl methyl sites for hydroxylation is 3. The van der Waals surface area contributed by atoms with Crippen LogP contribution in [0.3, 0.4) is 0 Å². The molecule has 7 nitrogen and oxygen atoms in total. The second-order valence-corrected chi connectivity index (χ2v) is 9.78. The van der Waals surface area contributed by atoms with E-state index in [2.05, 4.69) is 41.3 Å². The van der Waals surface area contributed by atoms with E-state index < -0.39 is 11.7 Å². The Hall–Kier alpha value is -4.23. The van der Waals surface area contributed by atoms with Gasteiger partial charge in [0.15, 0.2) is 0 Å². The minimum atomic E-state index is -0.667. The first-order chi connectivity index (χ1) is 18.9. The highest BCUT2D eigenvalue weighted by molar-refractivity contribution is 6.47. The molecule has 0 fully saturated rings. The highest BCUT2D eigenvalue weighted by Crippen LogP contribution is 2.26. The van der Waals surface area contributed by atoms with Crippen LogP contribution in [-0.4, -0.2) is 48.6 Å². The number of pyridine rings is 1. The van der Waals surface area contributed by atoms with Gasteiger partial charge in [-0.3, -0.25) is 9.59 Å². The number of rotatable bonds is 12. The van der Waals surface area contributed by atoms with Gasteiger partial charge in [-0.2, -0.15) is 0 Å². The van der Waals surface area contributed by atoms with Crippen LogP contribution in [0.5, 0.6) is 0 Å². The maximum Gasteiger partial charge on any atom is 0.298 e. The van der Waals surface area contributed by atoms with Gasteiger partial charge in [-0.15, -0.1) is 0 Å². The van der Waals surface area contributed by atoms with Crippen LogP contribution in [-0.2, 0) is 22.5 Å². The molecule has 4 aromatic rings. The molecule has 4 rings (SSSR count). The molecular formula is C32H36N4O3. The molecule has 0 unspecified atom stereocenters. The lowest BCUT2D eigenvalue weighted by molar-refractivity contribution is -0.112. The summed E-state index contributed by atoms with van der Waals surface area (Å²) in [5.41, 5.74) is 5.95. The molecular weight excluding hydrogens is 488 g/mol. The Balaban J connectivity index is 1.38. The third-order valence-electron chi connectivity index (χ3n) is 6.65. The largest absolute Gasteiger partial charge is 0.383 e. The summed E-state index contributed by atoms with van der Waals surface area (Å²) in [5.74, 6) is -0.263. The average molecular weight is 525 g/mol. The zero-order valence-electron chi connectivity index (χ0n) is 23.1. The number of hydrogen-bond acceptors (Lipinski definition) is 5. The lowest BCUT2D eigenvalue weighted by atomic mass is 10.0. The zero-order chi connectivity index (χ0) is 27.8. The maximum atomic E-state index is 13.3. The molecule has 0 bridgehead atoms. The van der Waals surface area contributed by atoms with Crippen LogP contribution in [0.2, 0.25) is 0 Å². The van der Waals surface area contributed by atoms with Crippen molar-refractivity contribution in [3.8, 4) is 11.1 Å². The molecule has 0 aliphatic rings. The molecule has 0 spiro atoms. The van der Waals surface area contributed by atoms with E-state index in [9.17, 15) is 9.59 Å². The number of methoxy groups -OCH3 is 1. The summed E-state index contributed by atoms with van der Waals surface area (Å²) < 4.78 is 6.98. The van der Waals surface area contributed by atoms with E-state index in [1.54, 1.807) is 11.7 Å². The van der Waals surface area contributed by atoms with E-state index in [1.165, 1.54) is 11.1 Å². The SMILES string of the molecule is COCCn1ccc(-c2ccccc2)c1C(=O)C(=O)Nc1ccc(CCCN(C)c2cc(C)cc(C)n2)cc1. The minimum absolute atomic E-state index is 0.356. The average Bonchev–Trinajstić information content (AvgIpc) is 3.36. The normalized spacial score (nSPS) is 10.9. The summed E-state index contributed by atoms with van der Waals surface area (Å²) in [7, 11) is 3.67. The predicted molar refractivity (Wildman–Crippen MR) is 156 cm³/mol. The third kappa shape index (κ3) is 7.21. The van der Waals surface area contributed by atoms with E-state index in [0.29, 0.717) is 24.5 Å². The van der Waals surface area contributed by atoms with Gasteiger partial charge in [0, 0.05) is 50.4 Å². The Kier molecular flexibility index (Phi) is 9.28. The number of hydrogen-bond donors (Lipinski definition) is 1. The van der Waals surface area contributed by atoms with Crippen molar-refractivity contribution in [2.45, 2.75) is 33.2 Å². The number of anilines is 2. The fourth-order valence-corrected chi connectivity index (χ4v) is 4.65. The maximum absolute atomic E-state index is 13.3. The van der Waals surface area contributed by atoms with Crippen LogP contribution in [0.1, 0.15) is 33.7 Å². The van der Waals surface area contributed by atoms with Crippen molar-refractivity contribution in [2.75, 3.05) is 37.5 Å². The van der Waals surface area contributed by atoms with Gasteiger partial charge in [-0.05, 0) is 73.7 Å². The number of nitrogens with one attached hydrogen (secondary N) is 1. The first-order valence-corrected chi connectivity index (χ1v) is 13.2. The Morgan fingerprint density at radius 2 is 1.74 bits per heavy atom. The fraction of sp³-hybridized carbons (Fsp3) is 0.281. The number of ketones is 1. The van der Waals surface area contributed by atoms with Gasteiger partial charge < -0.3 is 19.5 Å². The van der Waals surface area contributed by atoms with E-state index in [1.807, 2.05) is 73.8 Å². The van der Waals surface area contributed by atoms with Crippen LogP contribution >= 0.6 is 0 Å². The molecule has 0 saturated heterocycles. The summed E-state index contributed by atoms with van der Waals surface area (Å²) in [5, 5.41) is 2.78. The number of carbonyl (C=O) groups is 2. The number of amides is 1. The van der Waals surface area contributed by atoms with Gasteiger partial charge in [0.05, 0.1) is 6.61 Å². The number of benzene rings is 2. The summed E-state index contributed by atoms with van der Waals surface area (Å²) in [6.45, 7) is 5.89. The molecule has 0 aliphatic heterocycles. The van der Waals surface area contributed by atoms with Crippen LogP contribution in [0.4, 0.5) is 11.5 Å². The van der Waals surface area contributed by atoms with Crippen molar-refractivity contribution in [1.82, 2.24) is 9.55 Å². The second kappa shape index (κ2) is 13.0. The van der Waals surface area contributed by atoms with Gasteiger partial charge in [0.25, 0.3) is 11.7 Å². The van der Waals surface area contributed by atoms with Crippen LogP contribution < -0.4 is 10.2 Å². The predicted octanol–water partition coefficient (Wildman–Crippen LogP) is 5.70. The van der Waals surface area contributed by atoms with Gasteiger partial charge in [-0.1, -0.05) is 42.5 Å². The number of carbonyl (C=O) groups excluding carboxylic acids is 2. The van der Waals surface area contributed by atoms with Crippen LogP contribution in [0, 0.1) is 13.8 Å². The van der Waals surface area contributed by atoms with Gasteiger partial charge >= 0.3 is 0 Å². The van der Waals surface area contributed by atoms with Crippen molar-refractivity contribution >= 4 is 23.2 Å². The highest BCUT2D eigenvalue weighted by Gasteiger charge is 2.24. The summed E-state index contributed by atoms with van der Waals surface area (Å²) in [4.78, 5) is 33.2. The summed E-state index contributed by atoms with van der Waals surface area (Å²) in [6, 6.07) is 23.3. The first-order valence-electron chi connectivity index (χ1n) is 13.2. The van der Waals surface area contributed by atoms with Crippen molar-refractivity contribution in [3.63, 3.8) is 0 Å². The highest BCUT2D eigenvalue weighted by atomic mass is 16.5. The molecule has 0 saturated carbocycles.